The van der Waals surface area contributed by atoms with E-state index >= 15 is 0 Å². The number of aliphatic carboxylic acids is 1. The summed E-state index contributed by atoms with van der Waals surface area (Å²) in [6.07, 6.45) is 6.80. The number of nitrogens with zero attached hydrogens (tertiary/aromatic N) is 1. The molecule has 0 radical (unpaired) electrons. The van der Waals surface area contributed by atoms with Crippen LogP contribution in [0.2, 0.25) is 0 Å². The van der Waals surface area contributed by atoms with Gasteiger partial charge in [0.1, 0.15) is 6.04 Å². The van der Waals surface area contributed by atoms with Gasteiger partial charge in [-0.3, -0.25) is 0 Å². The number of carboxylic acids is 1. The van der Waals surface area contributed by atoms with Crippen molar-refractivity contribution in [3.8, 4) is 0 Å². The Kier molecular flexibility index (Phi) is 6.39. The van der Waals surface area contributed by atoms with Crippen LogP contribution in [0.3, 0.4) is 0 Å². The average molecular weight is 268 g/mol. The Morgan fingerprint density at radius 3 is 2.74 bits per heavy atom. The van der Waals surface area contributed by atoms with E-state index in [-0.39, 0.29) is 12.1 Å². The SMILES string of the molecule is C=CCC(C)NC(=O)N1CCCCCCC1C(=O)O. The second-order valence-electron chi connectivity index (χ2n) is 5.13. The fraction of sp³-hybridized carbons (Fsp3) is 0.714. The summed E-state index contributed by atoms with van der Waals surface area (Å²) < 4.78 is 0. The molecule has 2 unspecified atom stereocenters. The molecular formula is C14H24N2O3. The van der Waals surface area contributed by atoms with Gasteiger partial charge in [0.25, 0.3) is 0 Å². The molecule has 5 nitrogen and oxygen atoms in total. The van der Waals surface area contributed by atoms with Gasteiger partial charge in [-0.15, -0.1) is 6.58 Å². The van der Waals surface area contributed by atoms with Crippen LogP contribution in [0.15, 0.2) is 12.7 Å². The molecule has 0 aromatic rings. The van der Waals surface area contributed by atoms with Crippen molar-refractivity contribution in [2.45, 2.75) is 57.5 Å². The van der Waals surface area contributed by atoms with Crippen molar-refractivity contribution in [3.63, 3.8) is 0 Å². The summed E-state index contributed by atoms with van der Waals surface area (Å²) in [5.74, 6) is -0.909. The summed E-state index contributed by atoms with van der Waals surface area (Å²) in [7, 11) is 0. The van der Waals surface area contributed by atoms with E-state index in [1.807, 2.05) is 6.92 Å². The highest BCUT2D eigenvalue weighted by Gasteiger charge is 2.30. The Morgan fingerprint density at radius 1 is 1.42 bits per heavy atom. The highest BCUT2D eigenvalue weighted by atomic mass is 16.4. The van der Waals surface area contributed by atoms with Crippen LogP contribution in [0.5, 0.6) is 0 Å². The van der Waals surface area contributed by atoms with E-state index in [0.717, 1.165) is 25.7 Å². The van der Waals surface area contributed by atoms with Gasteiger partial charge >= 0.3 is 12.0 Å². The summed E-state index contributed by atoms with van der Waals surface area (Å²) in [6.45, 7) is 6.04. The van der Waals surface area contributed by atoms with Gasteiger partial charge in [-0.25, -0.2) is 9.59 Å². The van der Waals surface area contributed by atoms with E-state index in [1.165, 1.54) is 4.90 Å². The first kappa shape index (κ1) is 15.5. The molecule has 1 aliphatic heterocycles. The van der Waals surface area contributed by atoms with Crippen molar-refractivity contribution in [1.82, 2.24) is 10.2 Å². The molecule has 1 fully saturated rings. The fourth-order valence-electron chi connectivity index (χ4n) is 2.39. The normalized spacial score (nSPS) is 21.9. The van der Waals surface area contributed by atoms with Gasteiger partial charge in [0.05, 0.1) is 0 Å². The number of carbonyl (C=O) groups is 2. The van der Waals surface area contributed by atoms with E-state index in [2.05, 4.69) is 11.9 Å². The van der Waals surface area contributed by atoms with Gasteiger partial charge < -0.3 is 15.3 Å². The van der Waals surface area contributed by atoms with Crippen LogP contribution >= 0.6 is 0 Å². The highest BCUT2D eigenvalue weighted by Crippen LogP contribution is 2.17. The summed E-state index contributed by atoms with van der Waals surface area (Å²) in [5.41, 5.74) is 0. The molecule has 1 saturated heterocycles. The Labute approximate surface area is 114 Å². The number of nitrogens with one attached hydrogen (secondary N) is 1. The largest absolute Gasteiger partial charge is 0.480 e. The molecule has 0 aromatic carbocycles. The number of amides is 2. The van der Waals surface area contributed by atoms with Gasteiger partial charge in [0.2, 0.25) is 0 Å². The van der Waals surface area contributed by atoms with E-state index < -0.39 is 12.0 Å². The lowest BCUT2D eigenvalue weighted by Crippen LogP contribution is -2.52. The second-order valence-corrected chi connectivity index (χ2v) is 5.13. The maximum absolute atomic E-state index is 12.2. The Bertz CT molecular complexity index is 331. The Hall–Kier alpha value is -1.52. The molecule has 2 atom stereocenters. The van der Waals surface area contributed by atoms with Crippen LogP contribution in [0.25, 0.3) is 0 Å². The van der Waals surface area contributed by atoms with E-state index in [9.17, 15) is 14.7 Å². The monoisotopic (exact) mass is 268 g/mol. The van der Waals surface area contributed by atoms with E-state index in [1.54, 1.807) is 6.08 Å². The first-order chi connectivity index (χ1) is 9.06. The summed E-state index contributed by atoms with van der Waals surface area (Å²) in [5, 5.41) is 12.1. The minimum absolute atomic E-state index is 0.0233. The molecule has 1 rings (SSSR count). The minimum Gasteiger partial charge on any atom is -0.480 e. The molecule has 0 bridgehead atoms. The summed E-state index contributed by atoms with van der Waals surface area (Å²) in [4.78, 5) is 25.0. The quantitative estimate of drug-likeness (QED) is 0.769. The molecule has 0 aromatic heterocycles. The van der Waals surface area contributed by atoms with Crippen molar-refractivity contribution in [3.05, 3.63) is 12.7 Å². The van der Waals surface area contributed by atoms with Crippen molar-refractivity contribution in [1.29, 1.82) is 0 Å². The van der Waals surface area contributed by atoms with E-state index in [0.29, 0.717) is 19.4 Å². The highest BCUT2D eigenvalue weighted by molar-refractivity contribution is 5.82. The van der Waals surface area contributed by atoms with Crippen molar-refractivity contribution in [2.24, 2.45) is 0 Å². The lowest BCUT2D eigenvalue weighted by atomic mass is 10.0. The molecule has 0 spiro atoms. The maximum atomic E-state index is 12.2. The lowest BCUT2D eigenvalue weighted by molar-refractivity contribution is -0.142. The van der Waals surface area contributed by atoms with Crippen molar-refractivity contribution in [2.75, 3.05) is 6.54 Å². The molecule has 108 valence electrons. The van der Waals surface area contributed by atoms with Gasteiger partial charge in [0.15, 0.2) is 0 Å². The van der Waals surface area contributed by atoms with Crippen LogP contribution in [0.1, 0.15) is 45.4 Å². The molecular weight excluding hydrogens is 244 g/mol. The van der Waals surface area contributed by atoms with Crippen LogP contribution in [0, 0.1) is 0 Å². The third kappa shape index (κ3) is 4.93. The van der Waals surface area contributed by atoms with Crippen LogP contribution < -0.4 is 5.32 Å². The van der Waals surface area contributed by atoms with E-state index in [4.69, 9.17) is 0 Å². The second kappa shape index (κ2) is 7.81. The average Bonchev–Trinajstić information content (AvgIpc) is 2.27. The zero-order chi connectivity index (χ0) is 14.3. The molecule has 0 saturated carbocycles. The topological polar surface area (TPSA) is 69.6 Å². The van der Waals surface area contributed by atoms with Crippen LogP contribution in [-0.4, -0.2) is 40.6 Å². The predicted octanol–water partition coefficient (Wildman–Crippen LogP) is 2.38. The smallest absolute Gasteiger partial charge is 0.326 e. The first-order valence-electron chi connectivity index (χ1n) is 6.97. The number of carbonyl (C=O) groups excluding carboxylic acids is 1. The van der Waals surface area contributed by atoms with Gasteiger partial charge in [-0.2, -0.15) is 0 Å². The zero-order valence-corrected chi connectivity index (χ0v) is 11.6. The number of hydrogen-bond acceptors (Lipinski definition) is 2. The number of rotatable bonds is 4. The van der Waals surface area contributed by atoms with Crippen molar-refractivity contribution < 1.29 is 14.7 Å². The molecule has 1 aliphatic rings. The van der Waals surface area contributed by atoms with Gasteiger partial charge in [0, 0.05) is 12.6 Å². The number of likely N-dealkylation sites (tertiary alicyclic amines) is 1. The zero-order valence-electron chi connectivity index (χ0n) is 11.6. The summed E-state index contributed by atoms with van der Waals surface area (Å²) in [6, 6.07) is -0.996. The molecule has 1 heterocycles. The molecule has 0 aliphatic carbocycles. The third-order valence-corrected chi connectivity index (χ3v) is 3.44. The number of urea groups is 1. The van der Waals surface area contributed by atoms with Crippen LogP contribution in [0.4, 0.5) is 4.79 Å². The Balaban J connectivity index is 2.69. The third-order valence-electron chi connectivity index (χ3n) is 3.44. The standard InChI is InChI=1S/C14H24N2O3/c1-3-8-11(2)15-14(19)16-10-7-5-4-6-9-12(16)13(17)18/h3,11-12H,1,4-10H2,2H3,(H,15,19)(H,17,18). The predicted molar refractivity (Wildman–Crippen MR) is 74.0 cm³/mol. The number of hydrogen-bond donors (Lipinski definition) is 2. The first-order valence-corrected chi connectivity index (χ1v) is 6.97. The molecule has 2 N–H and O–H groups in total. The maximum Gasteiger partial charge on any atom is 0.326 e. The lowest BCUT2D eigenvalue weighted by Gasteiger charge is -2.31. The van der Waals surface area contributed by atoms with Crippen LogP contribution in [-0.2, 0) is 4.79 Å². The molecule has 2 amide bonds. The minimum atomic E-state index is -0.909. The fourth-order valence-corrected chi connectivity index (χ4v) is 2.39. The molecule has 5 heteroatoms. The summed E-state index contributed by atoms with van der Waals surface area (Å²) >= 11 is 0. The van der Waals surface area contributed by atoms with Crippen molar-refractivity contribution >= 4 is 12.0 Å². The number of carboxylic acid groups (broad SMARTS) is 1. The van der Waals surface area contributed by atoms with Gasteiger partial charge in [-0.05, 0) is 26.2 Å². The van der Waals surface area contributed by atoms with Gasteiger partial charge in [-0.1, -0.05) is 25.3 Å². The molecule has 19 heavy (non-hydrogen) atoms. The Morgan fingerprint density at radius 2 is 2.11 bits per heavy atom.